The Morgan fingerprint density at radius 3 is 2.79 bits per heavy atom. The van der Waals surface area contributed by atoms with Crippen molar-refractivity contribution >= 4 is 11.2 Å². The number of hydrogen-bond donors (Lipinski definition) is 0. The van der Waals surface area contributed by atoms with Crippen LogP contribution in [0.15, 0.2) is 23.1 Å². The molecule has 2 aromatic rings. The first kappa shape index (κ1) is 9.19. The monoisotopic (exact) mass is 190 g/mol. The van der Waals surface area contributed by atoms with Crippen molar-refractivity contribution in [3.63, 3.8) is 0 Å². The summed E-state index contributed by atoms with van der Waals surface area (Å²) in [6, 6.07) is 2.01. The second-order valence-electron chi connectivity index (χ2n) is 4.76. The molecule has 0 bridgehead atoms. The minimum Gasteiger partial charge on any atom is -0.442 e. The van der Waals surface area contributed by atoms with E-state index in [1.807, 2.05) is 12.3 Å². The normalized spacial score (nSPS) is 12.2. The van der Waals surface area contributed by atoms with Gasteiger partial charge in [0, 0.05) is 6.20 Å². The molecule has 0 unspecified atom stereocenters. The second kappa shape index (κ2) is 3.08. The van der Waals surface area contributed by atoms with Gasteiger partial charge in [-0.3, -0.25) is 0 Å². The molecule has 2 heterocycles. The van der Waals surface area contributed by atoms with E-state index >= 15 is 0 Å². The lowest BCUT2D eigenvalue weighted by molar-refractivity contribution is 0.410. The molecule has 0 saturated heterocycles. The predicted octanol–water partition coefficient (Wildman–Crippen LogP) is 2.81. The first-order chi connectivity index (χ1) is 6.54. The number of oxazole rings is 1. The smallest absolute Gasteiger partial charge is 0.198 e. The average molecular weight is 190 g/mol. The number of rotatable bonds is 1. The Morgan fingerprint density at radius 2 is 2.07 bits per heavy atom. The minimum absolute atomic E-state index is 0.273. The fourth-order valence-electron chi connectivity index (χ4n) is 1.50. The van der Waals surface area contributed by atoms with E-state index in [1.54, 1.807) is 0 Å². The van der Waals surface area contributed by atoms with Gasteiger partial charge in [0.15, 0.2) is 17.6 Å². The molecule has 0 aliphatic carbocycles. The lowest BCUT2D eigenvalue weighted by Gasteiger charge is -2.17. The van der Waals surface area contributed by atoms with E-state index in [4.69, 9.17) is 4.42 Å². The molecule has 74 valence electrons. The van der Waals surface area contributed by atoms with E-state index in [0.29, 0.717) is 5.65 Å². The molecular formula is C11H14N2O. The van der Waals surface area contributed by atoms with E-state index in [1.165, 1.54) is 12.0 Å². The van der Waals surface area contributed by atoms with Crippen LogP contribution in [-0.4, -0.2) is 9.97 Å². The van der Waals surface area contributed by atoms with E-state index in [-0.39, 0.29) is 5.41 Å². The largest absolute Gasteiger partial charge is 0.442 e. The van der Waals surface area contributed by atoms with Crippen LogP contribution in [0.25, 0.3) is 11.2 Å². The van der Waals surface area contributed by atoms with Crippen molar-refractivity contribution in [2.75, 3.05) is 0 Å². The number of pyridine rings is 1. The van der Waals surface area contributed by atoms with Gasteiger partial charge in [-0.05, 0) is 23.5 Å². The summed E-state index contributed by atoms with van der Waals surface area (Å²) in [7, 11) is 0. The van der Waals surface area contributed by atoms with Crippen LogP contribution in [-0.2, 0) is 6.42 Å². The third kappa shape index (κ3) is 1.92. The molecule has 2 aromatic heterocycles. The van der Waals surface area contributed by atoms with Crippen molar-refractivity contribution in [2.24, 2.45) is 5.41 Å². The van der Waals surface area contributed by atoms with Crippen molar-refractivity contribution in [3.05, 3.63) is 24.2 Å². The van der Waals surface area contributed by atoms with E-state index in [2.05, 4.69) is 30.7 Å². The summed E-state index contributed by atoms with van der Waals surface area (Å²) in [6.07, 6.45) is 4.30. The Hall–Kier alpha value is -1.38. The molecule has 0 spiro atoms. The Kier molecular flexibility index (Phi) is 2.02. The van der Waals surface area contributed by atoms with Crippen LogP contribution in [0.4, 0.5) is 0 Å². The lowest BCUT2D eigenvalue weighted by atomic mass is 9.89. The highest BCUT2D eigenvalue weighted by Gasteiger charge is 2.12. The van der Waals surface area contributed by atoms with Crippen LogP contribution in [0, 0.1) is 5.41 Å². The Balaban J connectivity index is 2.35. The maximum absolute atomic E-state index is 5.20. The predicted molar refractivity (Wildman–Crippen MR) is 55.0 cm³/mol. The third-order valence-corrected chi connectivity index (χ3v) is 1.98. The maximum atomic E-state index is 5.20. The Morgan fingerprint density at radius 1 is 1.29 bits per heavy atom. The van der Waals surface area contributed by atoms with Crippen LogP contribution in [0.5, 0.6) is 0 Å². The first-order valence-electron chi connectivity index (χ1n) is 4.73. The average Bonchev–Trinajstić information content (AvgIpc) is 2.47. The van der Waals surface area contributed by atoms with Crippen LogP contribution in [0.2, 0.25) is 0 Å². The molecule has 0 amide bonds. The molecule has 0 atom stereocenters. The van der Waals surface area contributed by atoms with Crippen molar-refractivity contribution in [2.45, 2.75) is 27.2 Å². The standard InChI is InChI=1S/C11H14N2O/c1-11(2,3)5-8-4-9-10(12-6-8)13-7-14-9/h4,6-7H,5H2,1-3H3. The van der Waals surface area contributed by atoms with Gasteiger partial charge < -0.3 is 4.42 Å². The summed E-state index contributed by atoms with van der Waals surface area (Å²) in [6.45, 7) is 6.62. The topological polar surface area (TPSA) is 38.9 Å². The van der Waals surface area contributed by atoms with Gasteiger partial charge in [-0.1, -0.05) is 20.8 Å². The molecule has 0 aromatic carbocycles. The zero-order chi connectivity index (χ0) is 10.2. The van der Waals surface area contributed by atoms with E-state index in [0.717, 1.165) is 12.0 Å². The van der Waals surface area contributed by atoms with Gasteiger partial charge in [0.1, 0.15) is 0 Å². The lowest BCUT2D eigenvalue weighted by Crippen LogP contribution is -2.09. The van der Waals surface area contributed by atoms with Gasteiger partial charge in [-0.25, -0.2) is 4.98 Å². The van der Waals surface area contributed by atoms with Gasteiger partial charge >= 0.3 is 0 Å². The van der Waals surface area contributed by atoms with Crippen molar-refractivity contribution in [1.29, 1.82) is 0 Å². The summed E-state index contributed by atoms with van der Waals surface area (Å²) in [5.41, 5.74) is 2.92. The third-order valence-electron chi connectivity index (χ3n) is 1.98. The van der Waals surface area contributed by atoms with Crippen LogP contribution in [0.3, 0.4) is 0 Å². The van der Waals surface area contributed by atoms with Crippen molar-refractivity contribution in [1.82, 2.24) is 9.97 Å². The second-order valence-corrected chi connectivity index (χ2v) is 4.76. The van der Waals surface area contributed by atoms with Crippen LogP contribution >= 0.6 is 0 Å². The zero-order valence-electron chi connectivity index (χ0n) is 8.74. The molecule has 14 heavy (non-hydrogen) atoms. The van der Waals surface area contributed by atoms with E-state index < -0.39 is 0 Å². The van der Waals surface area contributed by atoms with Gasteiger partial charge in [0.25, 0.3) is 0 Å². The number of nitrogens with zero attached hydrogens (tertiary/aromatic N) is 2. The molecule has 0 fully saturated rings. The Labute approximate surface area is 83.2 Å². The van der Waals surface area contributed by atoms with Crippen LogP contribution < -0.4 is 0 Å². The fourth-order valence-corrected chi connectivity index (χ4v) is 1.50. The first-order valence-corrected chi connectivity index (χ1v) is 4.73. The van der Waals surface area contributed by atoms with Gasteiger partial charge in [-0.2, -0.15) is 4.98 Å². The number of hydrogen-bond acceptors (Lipinski definition) is 3. The van der Waals surface area contributed by atoms with Gasteiger partial charge in [0.2, 0.25) is 0 Å². The molecule has 0 aliphatic rings. The van der Waals surface area contributed by atoms with Crippen LogP contribution in [0.1, 0.15) is 26.3 Å². The zero-order valence-corrected chi connectivity index (χ0v) is 8.74. The summed E-state index contributed by atoms with van der Waals surface area (Å²) in [4.78, 5) is 8.20. The molecule has 0 saturated carbocycles. The quantitative estimate of drug-likeness (QED) is 0.694. The Bertz CT molecular complexity index is 440. The highest BCUT2D eigenvalue weighted by molar-refractivity contribution is 5.67. The highest BCUT2D eigenvalue weighted by atomic mass is 16.3. The summed E-state index contributed by atoms with van der Waals surface area (Å²) >= 11 is 0. The van der Waals surface area contributed by atoms with Gasteiger partial charge in [0.05, 0.1) is 0 Å². The molecule has 2 rings (SSSR count). The number of aromatic nitrogens is 2. The number of fused-ring (bicyclic) bond motifs is 1. The SMILES string of the molecule is CC(C)(C)Cc1cnc2ncoc2c1. The molecule has 0 aliphatic heterocycles. The highest BCUT2D eigenvalue weighted by Crippen LogP contribution is 2.21. The molecular weight excluding hydrogens is 176 g/mol. The molecule has 0 radical (unpaired) electrons. The van der Waals surface area contributed by atoms with Gasteiger partial charge in [-0.15, -0.1) is 0 Å². The molecule has 3 heteroatoms. The molecule has 3 nitrogen and oxygen atoms in total. The molecule has 0 N–H and O–H groups in total. The summed E-state index contributed by atoms with van der Waals surface area (Å²) in [5, 5.41) is 0. The summed E-state index contributed by atoms with van der Waals surface area (Å²) in [5.74, 6) is 0. The van der Waals surface area contributed by atoms with Crippen molar-refractivity contribution < 1.29 is 4.42 Å². The van der Waals surface area contributed by atoms with E-state index in [9.17, 15) is 0 Å². The maximum Gasteiger partial charge on any atom is 0.198 e. The summed E-state index contributed by atoms with van der Waals surface area (Å²) < 4.78 is 5.20. The minimum atomic E-state index is 0.273. The van der Waals surface area contributed by atoms with Crippen molar-refractivity contribution in [3.8, 4) is 0 Å². The fraction of sp³-hybridized carbons (Fsp3) is 0.455.